The highest BCUT2D eigenvalue weighted by molar-refractivity contribution is 14.0. The molecule has 150 valence electrons. The van der Waals surface area contributed by atoms with E-state index in [1.807, 2.05) is 18.2 Å². The lowest BCUT2D eigenvalue weighted by molar-refractivity contribution is 0.377. The zero-order chi connectivity index (χ0) is 18.7. The Morgan fingerprint density at radius 1 is 1.11 bits per heavy atom. The molecule has 28 heavy (non-hydrogen) atoms. The Kier molecular flexibility index (Phi) is 6.58. The number of guanidine groups is 1. The molecule has 0 radical (unpaired) electrons. The van der Waals surface area contributed by atoms with Crippen LogP contribution >= 0.6 is 24.0 Å². The van der Waals surface area contributed by atoms with Crippen LogP contribution in [0.3, 0.4) is 0 Å². The summed E-state index contributed by atoms with van der Waals surface area (Å²) in [5, 5.41) is 0. The van der Waals surface area contributed by atoms with Crippen molar-refractivity contribution in [3.63, 3.8) is 0 Å². The van der Waals surface area contributed by atoms with Crippen LogP contribution in [0, 0.1) is 0 Å². The Hall–Kier alpha value is -2.10. The van der Waals surface area contributed by atoms with E-state index in [1.165, 1.54) is 5.56 Å². The van der Waals surface area contributed by atoms with Crippen LogP contribution in [-0.2, 0) is 5.41 Å². The summed E-state index contributed by atoms with van der Waals surface area (Å²) in [6.45, 7) is 4.06. The Bertz CT molecular complexity index is 803. The second kappa shape index (κ2) is 8.93. The van der Waals surface area contributed by atoms with Crippen molar-refractivity contribution in [2.75, 3.05) is 44.7 Å². The van der Waals surface area contributed by atoms with Gasteiger partial charge in [-0.2, -0.15) is 0 Å². The van der Waals surface area contributed by atoms with Crippen molar-refractivity contribution < 1.29 is 4.74 Å². The van der Waals surface area contributed by atoms with Gasteiger partial charge in [-0.25, -0.2) is 9.97 Å². The van der Waals surface area contributed by atoms with Crippen LogP contribution in [0.1, 0.15) is 18.4 Å². The number of ether oxygens (including phenoxy) is 1. The molecule has 1 aliphatic carbocycles. The molecule has 2 fully saturated rings. The van der Waals surface area contributed by atoms with E-state index >= 15 is 0 Å². The van der Waals surface area contributed by atoms with E-state index in [1.54, 1.807) is 19.5 Å². The van der Waals surface area contributed by atoms with Gasteiger partial charge in [-0.1, -0.05) is 18.2 Å². The van der Waals surface area contributed by atoms with Crippen molar-refractivity contribution in [3.8, 4) is 5.75 Å². The monoisotopic (exact) mass is 494 g/mol. The summed E-state index contributed by atoms with van der Waals surface area (Å²) < 4.78 is 5.54. The van der Waals surface area contributed by atoms with Crippen LogP contribution in [0.2, 0.25) is 0 Å². The summed E-state index contributed by atoms with van der Waals surface area (Å²) >= 11 is 0. The van der Waals surface area contributed by atoms with Gasteiger partial charge in [0.05, 0.1) is 13.7 Å². The van der Waals surface area contributed by atoms with E-state index in [2.05, 4.69) is 31.9 Å². The van der Waals surface area contributed by atoms with E-state index in [-0.39, 0.29) is 29.4 Å². The van der Waals surface area contributed by atoms with Crippen molar-refractivity contribution >= 4 is 35.9 Å². The second-order valence-corrected chi connectivity index (χ2v) is 7.18. The Balaban J connectivity index is 0.00000225. The average Bonchev–Trinajstić information content (AvgIpc) is 3.54. The van der Waals surface area contributed by atoms with Crippen molar-refractivity contribution in [1.29, 1.82) is 0 Å². The maximum Gasteiger partial charge on any atom is 0.225 e. The molecule has 1 aliphatic heterocycles. The van der Waals surface area contributed by atoms with E-state index < -0.39 is 0 Å². The third-order valence-corrected chi connectivity index (χ3v) is 5.51. The standard InChI is InChI=1S/C20H26N6O.HI/c1-27-17-6-3-2-5-16(17)20(7-8-20)15-24-18(21)25-11-13-26(14-12-25)19-22-9-4-10-23-19;/h2-6,9-10H,7-8,11-15H2,1H3,(H2,21,24);1H. The maximum absolute atomic E-state index is 6.31. The molecule has 2 aromatic rings. The van der Waals surface area contributed by atoms with Gasteiger partial charge in [-0.05, 0) is 25.0 Å². The number of rotatable bonds is 5. The number of methoxy groups -OCH3 is 1. The smallest absolute Gasteiger partial charge is 0.225 e. The Morgan fingerprint density at radius 2 is 1.79 bits per heavy atom. The third-order valence-electron chi connectivity index (χ3n) is 5.51. The molecule has 4 rings (SSSR count). The molecule has 0 atom stereocenters. The highest BCUT2D eigenvalue weighted by Crippen LogP contribution is 2.51. The van der Waals surface area contributed by atoms with Gasteiger partial charge in [0.15, 0.2) is 5.96 Å². The van der Waals surface area contributed by atoms with Crippen LogP contribution in [0.15, 0.2) is 47.7 Å². The lowest BCUT2D eigenvalue weighted by atomic mass is 9.95. The van der Waals surface area contributed by atoms with E-state index in [9.17, 15) is 0 Å². The third kappa shape index (κ3) is 4.31. The fraction of sp³-hybridized carbons (Fsp3) is 0.450. The summed E-state index contributed by atoms with van der Waals surface area (Å²) in [6, 6.07) is 10.1. The summed E-state index contributed by atoms with van der Waals surface area (Å²) in [5.41, 5.74) is 7.64. The van der Waals surface area contributed by atoms with Crippen LogP contribution in [0.4, 0.5) is 5.95 Å². The molecule has 1 aromatic carbocycles. The number of hydrogen-bond acceptors (Lipinski definition) is 5. The average molecular weight is 494 g/mol. The van der Waals surface area contributed by atoms with Crippen molar-refractivity contribution in [3.05, 3.63) is 48.3 Å². The van der Waals surface area contributed by atoms with E-state index in [4.69, 9.17) is 15.5 Å². The van der Waals surface area contributed by atoms with Crippen molar-refractivity contribution in [2.24, 2.45) is 10.7 Å². The largest absolute Gasteiger partial charge is 0.496 e. The summed E-state index contributed by atoms with van der Waals surface area (Å²) in [7, 11) is 1.72. The molecule has 0 spiro atoms. The number of anilines is 1. The first kappa shape index (κ1) is 20.6. The molecule has 2 heterocycles. The first-order valence-electron chi connectivity index (χ1n) is 9.42. The normalized spacial score (nSPS) is 18.4. The van der Waals surface area contributed by atoms with Crippen LogP contribution in [0.25, 0.3) is 0 Å². The van der Waals surface area contributed by atoms with Gasteiger partial charge in [0, 0.05) is 49.6 Å². The molecule has 1 saturated heterocycles. The minimum absolute atomic E-state index is 0. The zero-order valence-corrected chi connectivity index (χ0v) is 18.5. The molecule has 2 N–H and O–H groups in total. The van der Waals surface area contributed by atoms with E-state index in [0.717, 1.165) is 50.7 Å². The molecule has 1 saturated carbocycles. The van der Waals surface area contributed by atoms with Gasteiger partial charge < -0.3 is 20.3 Å². The molecule has 0 unspecified atom stereocenters. The highest BCUT2D eigenvalue weighted by Gasteiger charge is 2.46. The number of nitrogens with two attached hydrogens (primary N) is 1. The summed E-state index contributed by atoms with van der Waals surface area (Å²) in [5.74, 6) is 2.35. The van der Waals surface area contributed by atoms with Gasteiger partial charge in [-0.15, -0.1) is 24.0 Å². The lowest BCUT2D eigenvalue weighted by Gasteiger charge is -2.35. The Morgan fingerprint density at radius 3 is 2.43 bits per heavy atom. The lowest BCUT2D eigenvalue weighted by Crippen LogP contribution is -2.51. The maximum atomic E-state index is 6.31. The molecule has 8 heteroatoms. The molecule has 7 nitrogen and oxygen atoms in total. The number of halogens is 1. The van der Waals surface area contributed by atoms with Crippen LogP contribution in [-0.4, -0.2) is 60.7 Å². The number of aliphatic imine (C=N–C) groups is 1. The molecule has 0 bridgehead atoms. The number of nitrogens with zero attached hydrogens (tertiary/aromatic N) is 5. The van der Waals surface area contributed by atoms with Gasteiger partial charge >= 0.3 is 0 Å². The number of piperazine rings is 1. The van der Waals surface area contributed by atoms with Gasteiger partial charge in [-0.3, -0.25) is 4.99 Å². The molecular weight excluding hydrogens is 467 g/mol. The van der Waals surface area contributed by atoms with E-state index in [0.29, 0.717) is 12.5 Å². The predicted octanol–water partition coefficient (Wildman–Crippen LogP) is 2.27. The Labute approximate surface area is 183 Å². The fourth-order valence-electron chi connectivity index (χ4n) is 3.67. The summed E-state index contributed by atoms with van der Waals surface area (Å²) in [4.78, 5) is 17.7. The minimum atomic E-state index is 0. The predicted molar refractivity (Wildman–Crippen MR) is 122 cm³/mol. The number of benzene rings is 1. The SMILES string of the molecule is COc1ccccc1C1(CN=C(N)N2CCN(c3ncccn3)CC2)CC1.I. The number of aromatic nitrogens is 2. The zero-order valence-electron chi connectivity index (χ0n) is 16.1. The van der Waals surface area contributed by atoms with Crippen LogP contribution < -0.4 is 15.4 Å². The van der Waals surface area contributed by atoms with Crippen molar-refractivity contribution in [1.82, 2.24) is 14.9 Å². The first-order chi connectivity index (χ1) is 13.2. The molecule has 2 aliphatic rings. The quantitative estimate of drug-likeness (QED) is 0.391. The topological polar surface area (TPSA) is 79.9 Å². The molecular formula is C20H27IN6O. The summed E-state index contributed by atoms with van der Waals surface area (Å²) in [6.07, 6.45) is 5.81. The fourth-order valence-corrected chi connectivity index (χ4v) is 3.67. The highest BCUT2D eigenvalue weighted by atomic mass is 127. The second-order valence-electron chi connectivity index (χ2n) is 7.18. The van der Waals surface area contributed by atoms with Crippen LogP contribution in [0.5, 0.6) is 5.75 Å². The number of para-hydroxylation sites is 1. The van der Waals surface area contributed by atoms with Gasteiger partial charge in [0.2, 0.25) is 5.95 Å². The first-order valence-corrected chi connectivity index (χ1v) is 9.42. The molecule has 0 amide bonds. The van der Waals surface area contributed by atoms with Crippen molar-refractivity contribution in [2.45, 2.75) is 18.3 Å². The minimum Gasteiger partial charge on any atom is -0.496 e. The molecule has 1 aromatic heterocycles. The van der Waals surface area contributed by atoms with Gasteiger partial charge in [0.25, 0.3) is 0 Å². The van der Waals surface area contributed by atoms with Gasteiger partial charge in [0.1, 0.15) is 5.75 Å². The number of hydrogen-bond donors (Lipinski definition) is 1.